The van der Waals surface area contributed by atoms with E-state index in [1.807, 2.05) is 14.0 Å². The predicted molar refractivity (Wildman–Crippen MR) is 80.6 cm³/mol. The van der Waals surface area contributed by atoms with Gasteiger partial charge in [0.2, 0.25) is 5.91 Å². The van der Waals surface area contributed by atoms with E-state index in [-0.39, 0.29) is 12.5 Å². The molecule has 3 aliphatic heterocycles. The molecule has 2 saturated heterocycles. The van der Waals surface area contributed by atoms with Crippen LogP contribution in [0.1, 0.15) is 23.5 Å². The second kappa shape index (κ2) is 5.21. The fourth-order valence-electron chi connectivity index (χ4n) is 4.13. The molecule has 0 radical (unpaired) electrons. The van der Waals surface area contributed by atoms with Gasteiger partial charge in [-0.2, -0.15) is 0 Å². The second-order valence-corrected chi connectivity index (χ2v) is 6.93. The molecule has 1 amide bonds. The number of likely N-dealkylation sites (N-methyl/N-ethyl adjacent to an activating group) is 1. The van der Waals surface area contributed by atoms with E-state index in [2.05, 4.69) is 14.9 Å². The topological polar surface area (TPSA) is 58.6 Å². The number of fused-ring (bicyclic) bond motifs is 2. The smallest absolute Gasteiger partial charge is 0.238 e. The number of hydrogen-bond donors (Lipinski definition) is 0. The first-order chi connectivity index (χ1) is 11.0. The SMILES string of the molecule is Cc1ncc2c(n1)C1(CN(C)C1)C(=O)N([C@H]1CCOC[C@H]1F)C2. The van der Waals surface area contributed by atoms with E-state index in [9.17, 15) is 9.18 Å². The molecule has 2 atom stereocenters. The van der Waals surface area contributed by atoms with Crippen LogP contribution in [-0.4, -0.2) is 71.2 Å². The molecule has 0 aliphatic carbocycles. The summed E-state index contributed by atoms with van der Waals surface area (Å²) in [5.74, 6) is 0.684. The number of rotatable bonds is 1. The van der Waals surface area contributed by atoms with Crippen molar-refractivity contribution in [1.82, 2.24) is 19.8 Å². The van der Waals surface area contributed by atoms with Gasteiger partial charge in [0, 0.05) is 38.0 Å². The van der Waals surface area contributed by atoms with Gasteiger partial charge in [-0.05, 0) is 20.4 Å². The Hall–Kier alpha value is -1.60. The maximum atomic E-state index is 14.3. The number of alkyl halides is 1. The number of likely N-dealkylation sites (tertiary alicyclic amines) is 1. The molecule has 0 N–H and O–H groups in total. The Morgan fingerprint density at radius 2 is 2.22 bits per heavy atom. The molecular weight excluding hydrogens is 299 g/mol. The zero-order valence-corrected chi connectivity index (χ0v) is 13.5. The van der Waals surface area contributed by atoms with Gasteiger partial charge in [-0.1, -0.05) is 0 Å². The van der Waals surface area contributed by atoms with E-state index in [0.29, 0.717) is 38.5 Å². The maximum absolute atomic E-state index is 14.3. The number of aromatic nitrogens is 2. The Labute approximate surface area is 134 Å². The summed E-state index contributed by atoms with van der Waals surface area (Å²) in [5.41, 5.74) is 1.16. The van der Waals surface area contributed by atoms with Crippen LogP contribution < -0.4 is 0 Å². The highest BCUT2D eigenvalue weighted by Gasteiger charge is 2.57. The lowest BCUT2D eigenvalue weighted by Gasteiger charge is -2.53. The van der Waals surface area contributed by atoms with Crippen molar-refractivity contribution in [2.24, 2.45) is 0 Å². The summed E-state index contributed by atoms with van der Waals surface area (Å²) in [7, 11) is 1.98. The Bertz CT molecular complexity index is 647. The molecule has 1 spiro atoms. The first-order valence-corrected chi connectivity index (χ1v) is 8.06. The van der Waals surface area contributed by atoms with Crippen LogP contribution in [-0.2, 0) is 21.5 Å². The van der Waals surface area contributed by atoms with E-state index in [0.717, 1.165) is 11.3 Å². The molecule has 3 aliphatic rings. The lowest BCUT2D eigenvalue weighted by atomic mass is 9.71. The minimum atomic E-state index is -1.13. The number of amides is 1. The summed E-state index contributed by atoms with van der Waals surface area (Å²) in [6.07, 6.45) is 1.21. The van der Waals surface area contributed by atoms with Crippen LogP contribution in [0.4, 0.5) is 4.39 Å². The summed E-state index contributed by atoms with van der Waals surface area (Å²) in [5, 5.41) is 0. The van der Waals surface area contributed by atoms with Gasteiger partial charge in [0.1, 0.15) is 17.4 Å². The van der Waals surface area contributed by atoms with E-state index in [1.54, 1.807) is 11.1 Å². The molecule has 7 heteroatoms. The Balaban J connectivity index is 1.75. The summed E-state index contributed by atoms with van der Waals surface area (Å²) < 4.78 is 19.5. The average molecular weight is 320 g/mol. The molecule has 6 nitrogen and oxygen atoms in total. The van der Waals surface area contributed by atoms with Gasteiger partial charge in [-0.25, -0.2) is 14.4 Å². The number of hydrogen-bond acceptors (Lipinski definition) is 5. The van der Waals surface area contributed by atoms with Crippen LogP contribution in [0.15, 0.2) is 6.20 Å². The first-order valence-electron chi connectivity index (χ1n) is 8.06. The predicted octanol–water partition coefficient (Wildman–Crippen LogP) is 0.437. The molecule has 0 saturated carbocycles. The highest BCUT2D eigenvalue weighted by Crippen LogP contribution is 2.41. The molecule has 1 aromatic heterocycles. The highest BCUT2D eigenvalue weighted by molar-refractivity contribution is 5.91. The zero-order chi connectivity index (χ0) is 16.2. The number of nitrogens with zero attached hydrogens (tertiary/aromatic N) is 4. The summed E-state index contributed by atoms with van der Waals surface area (Å²) >= 11 is 0. The molecule has 124 valence electrons. The van der Waals surface area contributed by atoms with Crippen molar-refractivity contribution < 1.29 is 13.9 Å². The Morgan fingerprint density at radius 3 is 2.91 bits per heavy atom. The number of aryl methyl sites for hydroxylation is 1. The van der Waals surface area contributed by atoms with Crippen LogP contribution in [0.5, 0.6) is 0 Å². The third-order valence-electron chi connectivity index (χ3n) is 5.18. The number of ether oxygens (including phenoxy) is 1. The minimum absolute atomic E-state index is 0.00995. The van der Waals surface area contributed by atoms with Gasteiger partial charge in [0.25, 0.3) is 0 Å². The third kappa shape index (κ3) is 2.17. The van der Waals surface area contributed by atoms with Gasteiger partial charge in [-0.3, -0.25) is 4.79 Å². The van der Waals surface area contributed by atoms with Crippen molar-refractivity contribution in [1.29, 1.82) is 0 Å². The van der Waals surface area contributed by atoms with E-state index in [1.165, 1.54) is 0 Å². The van der Waals surface area contributed by atoms with Crippen molar-refractivity contribution in [3.8, 4) is 0 Å². The molecular formula is C16H21FN4O2. The summed E-state index contributed by atoms with van der Waals surface area (Å²) in [6.45, 7) is 4.06. The molecule has 4 heterocycles. The molecule has 2 fully saturated rings. The fraction of sp³-hybridized carbons (Fsp3) is 0.688. The molecule has 4 rings (SSSR count). The fourth-order valence-corrected chi connectivity index (χ4v) is 4.13. The maximum Gasteiger partial charge on any atom is 0.238 e. The average Bonchev–Trinajstić information content (AvgIpc) is 2.50. The van der Waals surface area contributed by atoms with Gasteiger partial charge >= 0.3 is 0 Å². The van der Waals surface area contributed by atoms with Crippen molar-refractivity contribution in [2.45, 2.75) is 37.5 Å². The third-order valence-corrected chi connectivity index (χ3v) is 5.18. The Kier molecular flexibility index (Phi) is 3.39. The van der Waals surface area contributed by atoms with Crippen LogP contribution in [0.3, 0.4) is 0 Å². The van der Waals surface area contributed by atoms with Crippen molar-refractivity contribution in [3.63, 3.8) is 0 Å². The van der Waals surface area contributed by atoms with Gasteiger partial charge in [0.05, 0.1) is 18.3 Å². The van der Waals surface area contributed by atoms with Gasteiger partial charge in [0.15, 0.2) is 0 Å². The largest absolute Gasteiger partial charge is 0.378 e. The number of halogens is 1. The number of carbonyl (C=O) groups is 1. The lowest BCUT2D eigenvalue weighted by molar-refractivity contribution is -0.154. The summed E-state index contributed by atoms with van der Waals surface area (Å²) in [6, 6.07) is -0.409. The van der Waals surface area contributed by atoms with Gasteiger partial charge < -0.3 is 14.5 Å². The van der Waals surface area contributed by atoms with Crippen molar-refractivity contribution in [2.75, 3.05) is 33.4 Å². The zero-order valence-electron chi connectivity index (χ0n) is 13.5. The molecule has 0 unspecified atom stereocenters. The Morgan fingerprint density at radius 1 is 1.43 bits per heavy atom. The first kappa shape index (κ1) is 15.0. The van der Waals surface area contributed by atoms with Crippen molar-refractivity contribution in [3.05, 3.63) is 23.3 Å². The molecule has 23 heavy (non-hydrogen) atoms. The van der Waals surface area contributed by atoms with Gasteiger partial charge in [-0.15, -0.1) is 0 Å². The monoisotopic (exact) mass is 320 g/mol. The van der Waals surface area contributed by atoms with E-state index in [4.69, 9.17) is 4.74 Å². The second-order valence-electron chi connectivity index (χ2n) is 6.93. The standard InChI is InChI=1S/C16H21FN4O2/c1-10-18-5-11-6-21(13-3-4-23-7-12(13)17)15(22)16(14(11)19-10)8-20(2)9-16/h5,12-13H,3-4,6-9H2,1-2H3/t12-,13+/m1/s1. The van der Waals surface area contributed by atoms with Crippen molar-refractivity contribution >= 4 is 5.91 Å². The van der Waals surface area contributed by atoms with Crippen LogP contribution in [0.2, 0.25) is 0 Å². The van der Waals surface area contributed by atoms with E-state index < -0.39 is 17.6 Å². The van der Waals surface area contributed by atoms with Crippen LogP contribution >= 0.6 is 0 Å². The van der Waals surface area contributed by atoms with Crippen LogP contribution in [0.25, 0.3) is 0 Å². The number of carbonyl (C=O) groups excluding carboxylic acids is 1. The quantitative estimate of drug-likeness (QED) is 0.751. The highest BCUT2D eigenvalue weighted by atomic mass is 19.1. The minimum Gasteiger partial charge on any atom is -0.378 e. The molecule has 0 aromatic carbocycles. The summed E-state index contributed by atoms with van der Waals surface area (Å²) in [4.78, 5) is 25.9. The normalized spacial score (nSPS) is 30.2. The lowest BCUT2D eigenvalue weighted by Crippen LogP contribution is -2.69. The molecule has 0 bridgehead atoms. The molecule has 1 aromatic rings. The van der Waals surface area contributed by atoms with E-state index >= 15 is 0 Å². The van der Waals surface area contributed by atoms with Crippen LogP contribution in [0, 0.1) is 6.92 Å².